The standard InChI is InChI=1S/C14H15N/c1-9-8-12-11-6-4-5-7-13(11)15(3)14(12)10(9)2/h4-8,14H,1-3H3. The number of benzene rings is 1. The zero-order valence-corrected chi connectivity index (χ0v) is 9.41. The van der Waals surface area contributed by atoms with E-state index in [1.54, 1.807) is 0 Å². The van der Waals surface area contributed by atoms with E-state index in [9.17, 15) is 0 Å². The summed E-state index contributed by atoms with van der Waals surface area (Å²) in [6, 6.07) is 9.16. The van der Waals surface area contributed by atoms with Crippen LogP contribution in [0.1, 0.15) is 19.4 Å². The summed E-state index contributed by atoms with van der Waals surface area (Å²) in [5.74, 6) is 0. The normalized spacial score (nSPS) is 23.0. The predicted molar refractivity (Wildman–Crippen MR) is 65.0 cm³/mol. The summed E-state index contributed by atoms with van der Waals surface area (Å²) in [5, 5.41) is 0. The molecule has 1 aromatic rings. The fourth-order valence-corrected chi connectivity index (χ4v) is 2.76. The van der Waals surface area contributed by atoms with E-state index in [-0.39, 0.29) is 0 Å². The summed E-state index contributed by atoms with van der Waals surface area (Å²) >= 11 is 0. The summed E-state index contributed by atoms with van der Waals surface area (Å²) in [7, 11) is 2.19. The first-order valence-corrected chi connectivity index (χ1v) is 5.41. The van der Waals surface area contributed by atoms with E-state index in [0.717, 1.165) is 0 Å². The fourth-order valence-electron chi connectivity index (χ4n) is 2.76. The molecule has 0 radical (unpaired) electrons. The number of hydrogen-bond acceptors (Lipinski definition) is 1. The Morgan fingerprint density at radius 2 is 1.87 bits per heavy atom. The zero-order chi connectivity index (χ0) is 10.6. The molecule has 1 aromatic carbocycles. The largest absolute Gasteiger partial charge is 0.363 e. The lowest BCUT2D eigenvalue weighted by Crippen LogP contribution is -2.26. The minimum atomic E-state index is 0.488. The minimum absolute atomic E-state index is 0.488. The third-order valence-corrected chi connectivity index (χ3v) is 3.68. The van der Waals surface area contributed by atoms with Crippen LogP contribution in [0, 0.1) is 0 Å². The van der Waals surface area contributed by atoms with Crippen molar-refractivity contribution in [2.75, 3.05) is 11.9 Å². The maximum Gasteiger partial charge on any atom is 0.0762 e. The number of rotatable bonds is 0. The molecule has 1 heteroatoms. The molecule has 0 fully saturated rings. The minimum Gasteiger partial charge on any atom is -0.363 e. The quantitative estimate of drug-likeness (QED) is 0.617. The molecular formula is C14H15N. The van der Waals surface area contributed by atoms with Gasteiger partial charge in [0.1, 0.15) is 0 Å². The molecule has 1 aliphatic heterocycles. The van der Waals surface area contributed by atoms with Crippen molar-refractivity contribution >= 4 is 11.3 Å². The molecule has 0 amide bonds. The van der Waals surface area contributed by atoms with Crippen molar-refractivity contribution in [3.8, 4) is 0 Å². The molecule has 0 N–H and O–H groups in total. The van der Waals surface area contributed by atoms with Gasteiger partial charge in [0, 0.05) is 18.3 Å². The number of para-hydroxylation sites is 1. The smallest absolute Gasteiger partial charge is 0.0762 e. The highest BCUT2D eigenvalue weighted by molar-refractivity contribution is 5.93. The molecule has 1 aliphatic carbocycles. The molecule has 15 heavy (non-hydrogen) atoms. The van der Waals surface area contributed by atoms with Gasteiger partial charge < -0.3 is 4.90 Å². The van der Waals surface area contributed by atoms with E-state index >= 15 is 0 Å². The van der Waals surface area contributed by atoms with E-state index in [1.165, 1.54) is 28.0 Å². The Morgan fingerprint density at radius 1 is 1.13 bits per heavy atom. The van der Waals surface area contributed by atoms with Gasteiger partial charge in [-0.2, -0.15) is 0 Å². The second-order valence-electron chi connectivity index (χ2n) is 4.50. The Balaban J connectivity index is 2.22. The maximum absolute atomic E-state index is 2.38. The lowest BCUT2D eigenvalue weighted by molar-refractivity contribution is 0.898. The van der Waals surface area contributed by atoms with Crippen LogP contribution in [0.5, 0.6) is 0 Å². The van der Waals surface area contributed by atoms with Crippen molar-refractivity contribution in [3.05, 3.63) is 47.1 Å². The topological polar surface area (TPSA) is 3.24 Å². The summed E-state index contributed by atoms with van der Waals surface area (Å²) in [5.41, 5.74) is 7.16. The average molecular weight is 197 g/mol. The monoisotopic (exact) mass is 197 g/mol. The van der Waals surface area contributed by atoms with Gasteiger partial charge in [0.15, 0.2) is 0 Å². The molecule has 2 aliphatic rings. The second kappa shape index (κ2) is 2.75. The second-order valence-corrected chi connectivity index (χ2v) is 4.50. The number of anilines is 1. The zero-order valence-electron chi connectivity index (χ0n) is 9.41. The van der Waals surface area contributed by atoms with Crippen molar-refractivity contribution < 1.29 is 0 Å². The van der Waals surface area contributed by atoms with Gasteiger partial charge in [-0.1, -0.05) is 24.3 Å². The lowest BCUT2D eigenvalue weighted by atomic mass is 10.0. The van der Waals surface area contributed by atoms with Crippen molar-refractivity contribution in [3.63, 3.8) is 0 Å². The first-order chi connectivity index (χ1) is 7.20. The van der Waals surface area contributed by atoms with Gasteiger partial charge in [-0.3, -0.25) is 0 Å². The molecule has 0 aromatic heterocycles. The molecule has 3 rings (SSSR count). The van der Waals surface area contributed by atoms with Crippen LogP contribution in [-0.4, -0.2) is 13.1 Å². The van der Waals surface area contributed by atoms with Crippen LogP contribution in [-0.2, 0) is 0 Å². The van der Waals surface area contributed by atoms with Crippen molar-refractivity contribution in [1.29, 1.82) is 0 Å². The Bertz CT molecular complexity index is 494. The van der Waals surface area contributed by atoms with Crippen molar-refractivity contribution in [1.82, 2.24) is 0 Å². The molecule has 0 spiro atoms. The van der Waals surface area contributed by atoms with Crippen LogP contribution in [0.2, 0.25) is 0 Å². The van der Waals surface area contributed by atoms with E-state index in [0.29, 0.717) is 6.04 Å². The highest BCUT2D eigenvalue weighted by atomic mass is 15.2. The van der Waals surface area contributed by atoms with Crippen LogP contribution in [0.15, 0.2) is 41.5 Å². The third-order valence-electron chi connectivity index (χ3n) is 3.68. The van der Waals surface area contributed by atoms with Gasteiger partial charge in [0.2, 0.25) is 0 Å². The molecule has 0 saturated carbocycles. The molecule has 1 heterocycles. The molecular weight excluding hydrogens is 182 g/mol. The highest BCUT2D eigenvalue weighted by Crippen LogP contribution is 2.46. The number of likely N-dealkylation sites (N-methyl/N-ethyl adjacent to an activating group) is 1. The average Bonchev–Trinajstić information content (AvgIpc) is 2.68. The summed E-state index contributed by atoms with van der Waals surface area (Å²) < 4.78 is 0. The SMILES string of the molecule is CC1=C(C)C2C(=C1)c1ccccc1N2C. The van der Waals surface area contributed by atoms with Gasteiger partial charge in [-0.05, 0) is 36.6 Å². The van der Waals surface area contributed by atoms with Gasteiger partial charge in [0.05, 0.1) is 6.04 Å². The van der Waals surface area contributed by atoms with Crippen LogP contribution >= 0.6 is 0 Å². The number of allylic oxidation sites excluding steroid dienone is 2. The summed E-state index contributed by atoms with van der Waals surface area (Å²) in [4.78, 5) is 2.38. The Kier molecular flexibility index (Phi) is 1.61. The first kappa shape index (κ1) is 8.78. The Labute approximate surface area is 90.7 Å². The van der Waals surface area contributed by atoms with Gasteiger partial charge in [-0.15, -0.1) is 0 Å². The number of nitrogens with zero attached hydrogens (tertiary/aromatic N) is 1. The number of hydrogen-bond donors (Lipinski definition) is 0. The van der Waals surface area contributed by atoms with Crippen LogP contribution in [0.4, 0.5) is 5.69 Å². The van der Waals surface area contributed by atoms with Crippen molar-refractivity contribution in [2.45, 2.75) is 19.9 Å². The summed E-state index contributed by atoms with van der Waals surface area (Å²) in [6.07, 6.45) is 2.34. The van der Waals surface area contributed by atoms with Gasteiger partial charge in [0.25, 0.3) is 0 Å². The molecule has 1 nitrogen and oxygen atoms in total. The highest BCUT2D eigenvalue weighted by Gasteiger charge is 2.35. The molecule has 76 valence electrons. The van der Waals surface area contributed by atoms with E-state index in [2.05, 4.69) is 56.1 Å². The summed E-state index contributed by atoms with van der Waals surface area (Å²) in [6.45, 7) is 4.45. The van der Waals surface area contributed by atoms with Gasteiger partial charge >= 0.3 is 0 Å². The van der Waals surface area contributed by atoms with E-state index < -0.39 is 0 Å². The van der Waals surface area contributed by atoms with Crippen LogP contribution in [0.3, 0.4) is 0 Å². The number of fused-ring (bicyclic) bond motifs is 3. The maximum atomic E-state index is 2.38. The van der Waals surface area contributed by atoms with Gasteiger partial charge in [-0.25, -0.2) is 0 Å². The fraction of sp³-hybridized carbons (Fsp3) is 0.286. The van der Waals surface area contributed by atoms with Crippen molar-refractivity contribution in [2.24, 2.45) is 0 Å². The predicted octanol–water partition coefficient (Wildman–Crippen LogP) is 3.24. The van der Waals surface area contributed by atoms with E-state index in [4.69, 9.17) is 0 Å². The molecule has 1 unspecified atom stereocenters. The Morgan fingerprint density at radius 3 is 2.67 bits per heavy atom. The first-order valence-electron chi connectivity index (χ1n) is 5.41. The van der Waals surface area contributed by atoms with Crippen LogP contribution in [0.25, 0.3) is 5.57 Å². The Hall–Kier alpha value is -1.50. The van der Waals surface area contributed by atoms with Crippen LogP contribution < -0.4 is 4.90 Å². The molecule has 1 atom stereocenters. The third kappa shape index (κ3) is 0.980. The molecule has 0 bridgehead atoms. The lowest BCUT2D eigenvalue weighted by Gasteiger charge is -2.22. The molecule has 0 saturated heterocycles. The van der Waals surface area contributed by atoms with E-state index in [1.807, 2.05) is 0 Å².